The number of rotatable bonds is 5. The summed E-state index contributed by atoms with van der Waals surface area (Å²) in [6.07, 6.45) is 0. The minimum Gasteiger partial charge on any atom is -0.608 e. The van der Waals surface area contributed by atoms with E-state index in [9.17, 15) is 29.7 Å². The molecule has 0 heterocycles. The fourth-order valence-electron chi connectivity index (χ4n) is 2.05. The highest BCUT2D eigenvalue weighted by Crippen LogP contribution is 2.10. The van der Waals surface area contributed by atoms with Crippen LogP contribution in [0.4, 0.5) is 14.4 Å². The van der Waals surface area contributed by atoms with E-state index in [1.807, 2.05) is 41.5 Å². The van der Waals surface area contributed by atoms with Crippen LogP contribution in [0.25, 0.3) is 0 Å². The first-order chi connectivity index (χ1) is 21.6. The smallest absolute Gasteiger partial charge is 0.257 e. The highest BCUT2D eigenvalue weighted by molar-refractivity contribution is 6.71. The molecule has 0 saturated carbocycles. The van der Waals surface area contributed by atoms with Gasteiger partial charge in [-0.3, -0.25) is 9.59 Å². The molecule has 0 aromatic rings. The number of hydrogen-bond donors (Lipinski definition) is 0. The second-order valence-electron chi connectivity index (χ2n) is 15.9. The molecule has 0 saturated heterocycles. The van der Waals surface area contributed by atoms with Gasteiger partial charge in [-0.2, -0.15) is 0 Å². The van der Waals surface area contributed by atoms with Crippen molar-refractivity contribution in [3.8, 4) is 0 Å². The predicted molar refractivity (Wildman–Crippen MR) is 211 cm³/mol. The first-order valence-electron chi connectivity index (χ1n) is 15.8. The van der Waals surface area contributed by atoms with Crippen LogP contribution in [0.15, 0.2) is 37.6 Å². The Morgan fingerprint density at radius 2 is 0.577 bits per heavy atom. The van der Waals surface area contributed by atoms with Gasteiger partial charge in [0.25, 0.3) is 14.6 Å². The van der Waals surface area contributed by atoms with Crippen LogP contribution in [0.3, 0.4) is 0 Å². The number of carbonyl (C=O) groups excluding carboxylic acids is 3. The Hall–Kier alpha value is -3.38. The lowest BCUT2D eigenvalue weighted by molar-refractivity contribution is -0.368. The lowest BCUT2D eigenvalue weighted by Gasteiger charge is -2.29. The van der Waals surface area contributed by atoms with Gasteiger partial charge in [-0.25, -0.2) is 0 Å². The van der Waals surface area contributed by atoms with Gasteiger partial charge in [0, 0.05) is 40.5 Å². The maximum Gasteiger partial charge on any atom is 0.257 e. The third-order valence-electron chi connectivity index (χ3n) is 2.95. The van der Waals surface area contributed by atoms with Crippen LogP contribution in [0, 0.1) is 0 Å². The fraction of sp³-hybridized carbons (Fsp3) is 0.757. The van der Waals surface area contributed by atoms with Crippen LogP contribution >= 0.6 is 0 Å². The second-order valence-corrected chi connectivity index (χ2v) is 15.9. The first kappa shape index (κ1) is 66.8. The molecule has 0 fully saturated rings. The summed E-state index contributed by atoms with van der Waals surface area (Å²) in [6, 6.07) is 0. The van der Waals surface area contributed by atoms with E-state index in [1.54, 1.807) is 96.7 Å². The van der Waals surface area contributed by atoms with Crippen LogP contribution in [0.2, 0.25) is 13.6 Å². The van der Waals surface area contributed by atoms with Gasteiger partial charge in [0.05, 0.1) is 5.60 Å². The lowest BCUT2D eigenvalue weighted by Crippen LogP contribution is -2.25. The number of ether oxygens (including phenoxy) is 6. The molecule has 0 aromatic carbocycles. The van der Waals surface area contributed by atoms with Crippen molar-refractivity contribution in [2.45, 2.75) is 187 Å². The summed E-state index contributed by atoms with van der Waals surface area (Å²) in [4.78, 5) is 31.1. The summed E-state index contributed by atoms with van der Waals surface area (Å²) < 4.78 is 28.4. The molecule has 0 aliphatic rings. The van der Waals surface area contributed by atoms with E-state index in [2.05, 4.69) is 38.7 Å². The van der Waals surface area contributed by atoms with Gasteiger partial charge < -0.3 is 56.4 Å². The molecule has 0 unspecified atom stereocenters. The lowest BCUT2D eigenvalue weighted by atomic mass is 9.83. The molecule has 0 bridgehead atoms. The molecule has 0 aliphatic heterocycles. The predicted octanol–water partition coefficient (Wildman–Crippen LogP) is 7.61. The molecule has 0 atom stereocenters. The van der Waals surface area contributed by atoms with E-state index < -0.39 is 46.1 Å². The Balaban J connectivity index is -0.0000000740. The average molecular weight is 743 g/mol. The van der Waals surface area contributed by atoms with Crippen molar-refractivity contribution in [3.63, 3.8) is 0 Å². The standard InChI is InChI=1S/2C6H12BO2.3C6H12O2.C5H9BO2.2CH4/c2*1-6(2,3)9-5(8)7-4;3*1-5(7)8-6(2,3)4;1-5(2,3)8-4(6)7;;/h2*1-4H3;3*7H,1H2,2-4H3;1-3H3;2*1H4/q;;;;;-1;;/p-3. The van der Waals surface area contributed by atoms with Crippen molar-refractivity contribution in [3.05, 3.63) is 37.6 Å². The van der Waals surface area contributed by atoms with E-state index in [-0.39, 0.29) is 37.8 Å². The van der Waals surface area contributed by atoms with Crippen LogP contribution < -0.4 is 15.3 Å². The van der Waals surface area contributed by atoms with E-state index in [1.165, 1.54) is 14.6 Å². The van der Waals surface area contributed by atoms with Crippen molar-refractivity contribution in [2.75, 3.05) is 0 Å². The molecule has 15 heteroatoms. The summed E-state index contributed by atoms with van der Waals surface area (Å²) in [5.74, 6) is -2.67. The Morgan fingerprint density at radius 3 is 0.596 bits per heavy atom. The van der Waals surface area contributed by atoms with Gasteiger partial charge in [-0.15, -0.1) is 0 Å². The normalized spacial score (nSPS) is 10.4. The molecule has 0 spiro atoms. The van der Waals surface area contributed by atoms with Crippen LogP contribution in [0.1, 0.15) is 139 Å². The van der Waals surface area contributed by atoms with Crippen molar-refractivity contribution < 1.29 is 58.1 Å². The number of carbonyl (C=O) groups is 3. The summed E-state index contributed by atoms with van der Waals surface area (Å²) in [5.41, 5.74) is -2.34. The minimum absolute atomic E-state index is 0. The van der Waals surface area contributed by atoms with E-state index in [0.29, 0.717) is 0 Å². The molecular weight excluding hydrogens is 669 g/mol. The monoisotopic (exact) mass is 744 g/mol. The molecule has 0 aromatic heterocycles. The maximum atomic E-state index is 10.5. The Labute approximate surface area is 322 Å². The van der Waals surface area contributed by atoms with Crippen molar-refractivity contribution in [1.82, 2.24) is 0 Å². The maximum absolute atomic E-state index is 10.5. The summed E-state index contributed by atoms with van der Waals surface area (Å²) >= 11 is 0. The molecule has 0 N–H and O–H groups in total. The second kappa shape index (κ2) is 30.1. The summed E-state index contributed by atoms with van der Waals surface area (Å²) in [5, 5.41) is 30.4. The topological polar surface area (TPSA) is 176 Å². The zero-order chi connectivity index (χ0) is 42.1. The van der Waals surface area contributed by atoms with Crippen LogP contribution in [0.5, 0.6) is 0 Å². The van der Waals surface area contributed by atoms with Gasteiger partial charge in [0.1, 0.15) is 11.2 Å². The molecule has 12 nitrogen and oxygen atoms in total. The Bertz CT molecular complexity index is 854. The molecule has 0 aliphatic carbocycles. The largest absolute Gasteiger partial charge is 0.608 e. The quantitative estimate of drug-likeness (QED) is 0.153. The zero-order valence-electron chi connectivity index (χ0n) is 34.8. The van der Waals surface area contributed by atoms with Gasteiger partial charge in [-0.05, 0) is 62.3 Å². The van der Waals surface area contributed by atoms with Gasteiger partial charge in [0.15, 0.2) is 0 Å². The van der Waals surface area contributed by atoms with Crippen molar-refractivity contribution in [1.29, 1.82) is 0 Å². The van der Waals surface area contributed by atoms with E-state index in [4.69, 9.17) is 17.3 Å². The molecular formula is C37H74B3O12-4. The average Bonchev–Trinajstić information content (AvgIpc) is 2.71. The highest BCUT2D eigenvalue weighted by Gasteiger charge is 2.15. The van der Waals surface area contributed by atoms with Gasteiger partial charge >= 0.3 is 0 Å². The van der Waals surface area contributed by atoms with Crippen LogP contribution in [-0.2, 0) is 28.4 Å². The molecule has 0 amide bonds. The third-order valence-corrected chi connectivity index (χ3v) is 2.95. The molecule has 52 heavy (non-hydrogen) atoms. The Morgan fingerprint density at radius 1 is 0.423 bits per heavy atom. The summed E-state index contributed by atoms with van der Waals surface area (Å²) in [7, 11) is 7.53. The fourth-order valence-corrected chi connectivity index (χ4v) is 2.05. The first-order valence-corrected chi connectivity index (χ1v) is 15.8. The zero-order valence-corrected chi connectivity index (χ0v) is 34.8. The Kier molecular flexibility index (Phi) is 38.7. The van der Waals surface area contributed by atoms with Crippen LogP contribution in [-0.4, -0.2) is 73.6 Å². The van der Waals surface area contributed by atoms with E-state index in [0.717, 1.165) is 0 Å². The molecule has 5 radical (unpaired) electrons. The van der Waals surface area contributed by atoms with E-state index >= 15 is 0 Å². The highest BCUT2D eigenvalue weighted by atomic mass is 16.6. The number of hydrogen-bond acceptors (Lipinski definition) is 12. The minimum atomic E-state index is -0.725. The SMILES string of the molecule is C.C.C=C([O-])OC(C)(C)C.C=C([O-])OC(C)(C)C.C=C([O-])OC(C)(C)C.C[B]C(=O)OC(C)(C)C.C[B]C(=O)OC(C)(C)C.[B-]C(=O)OC(C)(C)C. The van der Waals surface area contributed by atoms with Crippen molar-refractivity contribution >= 4 is 40.0 Å². The summed E-state index contributed by atoms with van der Waals surface area (Å²) in [6.45, 7) is 45.1. The molecule has 0 rings (SSSR count). The van der Waals surface area contributed by atoms with Gasteiger partial charge in [-0.1, -0.05) is 111 Å². The van der Waals surface area contributed by atoms with Crippen molar-refractivity contribution in [2.24, 2.45) is 0 Å². The third kappa shape index (κ3) is 103. The molecule has 307 valence electrons. The van der Waals surface area contributed by atoms with Gasteiger partial charge in [0.2, 0.25) is 11.7 Å².